The van der Waals surface area contributed by atoms with Crippen molar-refractivity contribution in [2.24, 2.45) is 0 Å². The van der Waals surface area contributed by atoms with Gasteiger partial charge in [-0.2, -0.15) is 0 Å². The second-order valence-corrected chi connectivity index (χ2v) is 8.55. The van der Waals surface area contributed by atoms with Gasteiger partial charge in [0, 0.05) is 10.7 Å². The molecule has 0 aliphatic carbocycles. The standard InChI is InChI=1S/C24H21BrN4O3/c1-14(12-25)15-8-9-18-20(11-15)28-19(22-21(18)26-13-27-22)7-4-10-32-29-23(30)16-5-2-3-6-17(16)24(29)31/h2-3,5-6,8-9,11,13-14H,4,7,10,12H2,1H3,(H,26,27). The molecule has 1 unspecified atom stereocenters. The Morgan fingerprint density at radius 3 is 2.59 bits per heavy atom. The zero-order chi connectivity index (χ0) is 22.2. The zero-order valence-corrected chi connectivity index (χ0v) is 19.1. The van der Waals surface area contributed by atoms with E-state index in [-0.39, 0.29) is 6.61 Å². The Morgan fingerprint density at radius 2 is 1.88 bits per heavy atom. The fraction of sp³-hybridized carbons (Fsp3) is 0.250. The Kier molecular flexibility index (Phi) is 5.48. The van der Waals surface area contributed by atoms with Crippen LogP contribution in [0.5, 0.6) is 0 Å². The van der Waals surface area contributed by atoms with Crippen molar-refractivity contribution in [3.8, 4) is 0 Å². The van der Waals surface area contributed by atoms with E-state index in [0.717, 1.165) is 38.0 Å². The lowest BCUT2D eigenvalue weighted by atomic mass is 10.0. The van der Waals surface area contributed by atoms with Gasteiger partial charge in [-0.05, 0) is 42.5 Å². The summed E-state index contributed by atoms with van der Waals surface area (Å²) in [7, 11) is 0. The fourth-order valence-corrected chi connectivity index (χ4v) is 4.39. The quantitative estimate of drug-likeness (QED) is 0.228. The lowest BCUT2D eigenvalue weighted by Gasteiger charge is -2.13. The van der Waals surface area contributed by atoms with Crippen molar-refractivity contribution in [3.05, 3.63) is 71.2 Å². The van der Waals surface area contributed by atoms with Gasteiger partial charge in [0.25, 0.3) is 11.8 Å². The highest BCUT2D eigenvalue weighted by Gasteiger charge is 2.36. The van der Waals surface area contributed by atoms with Gasteiger partial charge in [-0.1, -0.05) is 47.1 Å². The number of nitrogens with one attached hydrogen (secondary N) is 1. The van der Waals surface area contributed by atoms with Crippen molar-refractivity contribution < 1.29 is 14.4 Å². The Labute approximate surface area is 192 Å². The minimum Gasteiger partial charge on any atom is -0.343 e. The van der Waals surface area contributed by atoms with E-state index in [0.29, 0.717) is 29.9 Å². The molecule has 0 spiro atoms. The predicted octanol–water partition coefficient (Wildman–Crippen LogP) is 4.77. The van der Waals surface area contributed by atoms with Crippen LogP contribution in [0.15, 0.2) is 48.8 Å². The summed E-state index contributed by atoms with van der Waals surface area (Å²) in [5.41, 5.74) is 5.56. The number of aromatic amines is 1. The summed E-state index contributed by atoms with van der Waals surface area (Å²) in [6.07, 6.45) is 2.90. The maximum atomic E-state index is 12.4. The molecule has 1 N–H and O–H groups in total. The molecule has 7 nitrogen and oxygen atoms in total. The van der Waals surface area contributed by atoms with Gasteiger partial charge in [0.2, 0.25) is 0 Å². The van der Waals surface area contributed by atoms with E-state index in [1.807, 2.05) is 0 Å². The number of hydrogen-bond acceptors (Lipinski definition) is 5. The average molecular weight is 493 g/mol. The van der Waals surface area contributed by atoms with Crippen molar-refractivity contribution in [2.75, 3.05) is 11.9 Å². The molecule has 2 amide bonds. The second-order valence-electron chi connectivity index (χ2n) is 7.90. The maximum absolute atomic E-state index is 12.4. The molecule has 1 aliphatic rings. The minimum atomic E-state index is -0.418. The molecule has 0 fully saturated rings. The summed E-state index contributed by atoms with van der Waals surface area (Å²) in [5.74, 6) is -0.453. The lowest BCUT2D eigenvalue weighted by molar-refractivity contribution is -0.0918. The topological polar surface area (TPSA) is 88.2 Å². The molecule has 0 saturated carbocycles. The number of fused-ring (bicyclic) bond motifs is 4. The van der Waals surface area contributed by atoms with Crippen LogP contribution in [0, 0.1) is 0 Å². The third-order valence-corrected chi connectivity index (χ3v) is 6.77. The molecule has 162 valence electrons. The highest BCUT2D eigenvalue weighted by atomic mass is 79.9. The first-order chi connectivity index (χ1) is 15.6. The van der Waals surface area contributed by atoms with E-state index in [2.05, 4.69) is 51.0 Å². The van der Waals surface area contributed by atoms with Gasteiger partial charge in [0.15, 0.2) is 0 Å². The number of aromatic nitrogens is 3. The maximum Gasteiger partial charge on any atom is 0.285 e. The van der Waals surface area contributed by atoms with E-state index in [1.165, 1.54) is 5.56 Å². The molecule has 0 radical (unpaired) electrons. The third kappa shape index (κ3) is 3.49. The summed E-state index contributed by atoms with van der Waals surface area (Å²) in [6, 6.07) is 13.1. The van der Waals surface area contributed by atoms with Gasteiger partial charge in [0.05, 0.1) is 46.3 Å². The van der Waals surface area contributed by atoms with Crippen LogP contribution in [0.4, 0.5) is 0 Å². The Hall–Kier alpha value is -3.10. The normalized spacial score (nSPS) is 14.5. The number of rotatable bonds is 7. The van der Waals surface area contributed by atoms with Crippen molar-refractivity contribution in [1.29, 1.82) is 0 Å². The lowest BCUT2D eigenvalue weighted by Crippen LogP contribution is -2.30. The van der Waals surface area contributed by atoms with E-state index in [4.69, 9.17) is 9.82 Å². The van der Waals surface area contributed by atoms with Crippen LogP contribution in [0.3, 0.4) is 0 Å². The molecule has 4 aromatic rings. The Balaban J connectivity index is 1.32. The number of imidazole rings is 1. The molecular weight excluding hydrogens is 472 g/mol. The number of halogens is 1. The summed E-state index contributed by atoms with van der Waals surface area (Å²) in [6.45, 7) is 2.39. The fourth-order valence-electron chi connectivity index (χ4n) is 4.02. The SMILES string of the molecule is CC(CBr)c1ccc2c(c1)nc(CCCON1C(=O)c3ccccc3C1=O)c1[nH]cnc12. The first kappa shape index (κ1) is 20.8. The number of H-pyrrole nitrogens is 1. The molecule has 1 aliphatic heterocycles. The highest BCUT2D eigenvalue weighted by molar-refractivity contribution is 9.09. The van der Waals surface area contributed by atoms with Crippen LogP contribution in [-0.2, 0) is 11.3 Å². The molecule has 2 aromatic heterocycles. The molecular formula is C24H21BrN4O3. The van der Waals surface area contributed by atoms with Crippen molar-refractivity contribution in [2.45, 2.75) is 25.7 Å². The van der Waals surface area contributed by atoms with Crippen LogP contribution in [0.2, 0.25) is 0 Å². The molecule has 0 saturated heterocycles. The number of carbonyl (C=O) groups excluding carboxylic acids is 2. The first-order valence-corrected chi connectivity index (χ1v) is 11.6. The highest BCUT2D eigenvalue weighted by Crippen LogP contribution is 2.28. The summed E-state index contributed by atoms with van der Waals surface area (Å²) < 4.78 is 0. The largest absolute Gasteiger partial charge is 0.343 e. The van der Waals surface area contributed by atoms with Crippen LogP contribution >= 0.6 is 15.9 Å². The predicted molar refractivity (Wildman–Crippen MR) is 125 cm³/mol. The number of hydroxylamine groups is 2. The smallest absolute Gasteiger partial charge is 0.285 e. The van der Waals surface area contributed by atoms with Crippen LogP contribution < -0.4 is 0 Å². The van der Waals surface area contributed by atoms with Gasteiger partial charge >= 0.3 is 0 Å². The second kappa shape index (κ2) is 8.44. The average Bonchev–Trinajstić information content (AvgIpc) is 3.40. The van der Waals surface area contributed by atoms with Crippen molar-refractivity contribution >= 4 is 49.7 Å². The summed E-state index contributed by atoms with van der Waals surface area (Å²) in [5, 5.41) is 2.75. The monoisotopic (exact) mass is 492 g/mol. The van der Waals surface area contributed by atoms with Gasteiger partial charge < -0.3 is 4.98 Å². The Bertz CT molecular complexity index is 1310. The van der Waals surface area contributed by atoms with Crippen LogP contribution in [-0.4, -0.2) is 43.8 Å². The van der Waals surface area contributed by atoms with Crippen molar-refractivity contribution in [3.63, 3.8) is 0 Å². The minimum absolute atomic E-state index is 0.224. The van der Waals surface area contributed by atoms with Crippen molar-refractivity contribution in [1.82, 2.24) is 20.0 Å². The summed E-state index contributed by atoms with van der Waals surface area (Å²) in [4.78, 5) is 43.0. The van der Waals surface area contributed by atoms with Gasteiger partial charge in [0.1, 0.15) is 0 Å². The molecule has 5 rings (SSSR count). The van der Waals surface area contributed by atoms with Gasteiger partial charge in [-0.25, -0.2) is 4.98 Å². The molecule has 1 atom stereocenters. The molecule has 8 heteroatoms. The van der Waals surface area contributed by atoms with E-state index in [9.17, 15) is 9.59 Å². The Morgan fingerprint density at radius 1 is 1.12 bits per heavy atom. The number of nitrogens with zero attached hydrogens (tertiary/aromatic N) is 3. The number of aryl methyl sites for hydroxylation is 1. The van der Waals surface area contributed by atoms with Crippen LogP contribution in [0.25, 0.3) is 21.9 Å². The zero-order valence-electron chi connectivity index (χ0n) is 17.5. The third-order valence-electron chi connectivity index (χ3n) is 5.80. The number of amides is 2. The van der Waals surface area contributed by atoms with E-state index < -0.39 is 11.8 Å². The number of imide groups is 1. The molecule has 3 heterocycles. The number of alkyl halides is 1. The number of carbonyl (C=O) groups is 2. The number of pyridine rings is 1. The van der Waals surface area contributed by atoms with Gasteiger partial charge in [-0.15, -0.1) is 5.06 Å². The van der Waals surface area contributed by atoms with E-state index in [1.54, 1.807) is 30.6 Å². The number of hydrogen-bond donors (Lipinski definition) is 1. The molecule has 2 aromatic carbocycles. The van der Waals surface area contributed by atoms with E-state index >= 15 is 0 Å². The summed E-state index contributed by atoms with van der Waals surface area (Å²) >= 11 is 3.55. The first-order valence-electron chi connectivity index (χ1n) is 10.5. The number of benzene rings is 2. The molecule has 32 heavy (non-hydrogen) atoms. The van der Waals surface area contributed by atoms with Crippen LogP contribution in [0.1, 0.15) is 51.2 Å². The molecule has 0 bridgehead atoms. The van der Waals surface area contributed by atoms with Gasteiger partial charge in [-0.3, -0.25) is 19.4 Å².